The molecule has 0 saturated heterocycles. The number of nitrogens with one attached hydrogen (secondary N) is 3. The van der Waals surface area contributed by atoms with Gasteiger partial charge in [0.1, 0.15) is 18.4 Å². The molecule has 2 aromatic heterocycles. The summed E-state index contributed by atoms with van der Waals surface area (Å²) >= 11 is 1.49. The molecule has 2 heterocycles. The predicted molar refractivity (Wildman–Crippen MR) is 143 cm³/mol. The molecule has 1 unspecified atom stereocenters. The number of unbranched alkanes of at least 4 members (excludes halogenated alkanes) is 1. The molecule has 0 aliphatic rings. The molecule has 3 rings (SSSR count). The zero-order chi connectivity index (χ0) is 26.1. The second-order valence-corrected chi connectivity index (χ2v) is 9.44. The van der Waals surface area contributed by atoms with Crippen LogP contribution in [0.2, 0.25) is 0 Å². The number of nitrogens with two attached hydrogens (primary N) is 2. The average molecular weight is 519 g/mol. The zero-order valence-electron chi connectivity index (χ0n) is 20.5. The van der Waals surface area contributed by atoms with Crippen LogP contribution in [0.25, 0.3) is 11.2 Å². The van der Waals surface area contributed by atoms with Crippen molar-refractivity contribution in [1.82, 2.24) is 19.5 Å². The molecular formula is C23H34N8O4S. The third-order valence-corrected chi connectivity index (χ3v) is 6.40. The van der Waals surface area contributed by atoms with Crippen LogP contribution in [0.3, 0.4) is 0 Å². The number of ether oxygens (including phenoxy) is 1. The van der Waals surface area contributed by atoms with Crippen molar-refractivity contribution in [2.24, 2.45) is 5.73 Å². The molecule has 0 saturated carbocycles. The number of esters is 1. The third kappa shape index (κ3) is 7.60. The smallest absolute Gasteiger partial charge is 0.328 e. The number of rotatable bonds is 14. The first-order valence-electron chi connectivity index (χ1n) is 11.8. The molecule has 0 radical (unpaired) electrons. The maximum Gasteiger partial charge on any atom is 0.328 e. The fourth-order valence-corrected chi connectivity index (χ4v) is 4.20. The van der Waals surface area contributed by atoms with E-state index in [4.69, 9.17) is 16.2 Å². The Kier molecular flexibility index (Phi) is 9.96. The van der Waals surface area contributed by atoms with E-state index >= 15 is 0 Å². The van der Waals surface area contributed by atoms with Crippen molar-refractivity contribution in [3.8, 4) is 0 Å². The van der Waals surface area contributed by atoms with Crippen LogP contribution in [0, 0.1) is 0 Å². The van der Waals surface area contributed by atoms with Crippen molar-refractivity contribution in [2.45, 2.75) is 45.5 Å². The minimum atomic E-state index is -0.952. The lowest BCUT2D eigenvalue weighted by molar-refractivity contribution is -0.140. The maximum atomic E-state index is 12.6. The zero-order valence-corrected chi connectivity index (χ0v) is 21.3. The summed E-state index contributed by atoms with van der Waals surface area (Å²) in [6.45, 7) is 4.76. The predicted octanol–water partition coefficient (Wildman–Crippen LogP) is 1.32. The van der Waals surface area contributed by atoms with Gasteiger partial charge in [-0.1, -0.05) is 25.5 Å². The standard InChI is InChI=1S/C23H34N8O4S/c1-3-4-9-26-22-29-19(25)18-20(30-22)31(23(34)28-18)12-15-5-7-16(8-6-15)27-21(33)17(24)13-36-11-10-35-14(2)32/h5-8,17,21,27,33H,3-4,9-13,24H2,1-2H3,(H,28,34)(H3,25,26,29,30)/t17-,21?/m0/s1. The van der Waals surface area contributed by atoms with E-state index in [1.165, 1.54) is 23.3 Å². The fourth-order valence-electron chi connectivity index (χ4n) is 3.38. The molecule has 0 aliphatic carbocycles. The second-order valence-electron chi connectivity index (χ2n) is 8.29. The van der Waals surface area contributed by atoms with E-state index in [0.717, 1.165) is 18.4 Å². The molecule has 36 heavy (non-hydrogen) atoms. The highest BCUT2D eigenvalue weighted by atomic mass is 32.2. The number of hydrogen-bond acceptors (Lipinski definition) is 11. The maximum absolute atomic E-state index is 12.6. The van der Waals surface area contributed by atoms with Gasteiger partial charge in [-0.25, -0.2) is 4.79 Å². The number of anilines is 3. The number of carbonyl (C=O) groups is 1. The first-order chi connectivity index (χ1) is 17.3. The van der Waals surface area contributed by atoms with Crippen LogP contribution in [0.15, 0.2) is 29.1 Å². The van der Waals surface area contributed by atoms with Gasteiger partial charge in [0.2, 0.25) is 5.95 Å². The Morgan fingerprint density at radius 2 is 2.06 bits per heavy atom. The lowest BCUT2D eigenvalue weighted by Gasteiger charge is -2.21. The summed E-state index contributed by atoms with van der Waals surface area (Å²) in [5.74, 6) is 1.38. The van der Waals surface area contributed by atoms with E-state index in [1.807, 2.05) is 12.1 Å². The number of aliphatic hydroxyl groups excluding tert-OH is 1. The highest BCUT2D eigenvalue weighted by molar-refractivity contribution is 7.99. The third-order valence-electron chi connectivity index (χ3n) is 5.32. The Morgan fingerprint density at radius 1 is 1.31 bits per heavy atom. The summed E-state index contributed by atoms with van der Waals surface area (Å²) in [5.41, 5.74) is 14.2. The largest absolute Gasteiger partial charge is 0.465 e. The van der Waals surface area contributed by atoms with Crippen molar-refractivity contribution < 1.29 is 14.6 Å². The van der Waals surface area contributed by atoms with Gasteiger partial charge in [0.25, 0.3) is 0 Å². The molecule has 3 aromatic rings. The topological polar surface area (TPSA) is 186 Å². The molecule has 13 heteroatoms. The number of benzene rings is 1. The summed E-state index contributed by atoms with van der Waals surface area (Å²) in [6.07, 6.45) is 1.05. The number of aliphatic hydroxyl groups is 1. The molecule has 0 spiro atoms. The van der Waals surface area contributed by atoms with Crippen molar-refractivity contribution in [1.29, 1.82) is 0 Å². The quantitative estimate of drug-likeness (QED) is 0.103. The summed E-state index contributed by atoms with van der Waals surface area (Å²) in [5, 5.41) is 16.5. The number of nitrogen functional groups attached to an aromatic ring is 1. The van der Waals surface area contributed by atoms with Gasteiger partial charge in [-0.2, -0.15) is 21.7 Å². The normalized spacial score (nSPS) is 12.9. The van der Waals surface area contributed by atoms with E-state index in [0.29, 0.717) is 47.5 Å². The van der Waals surface area contributed by atoms with Gasteiger partial charge in [0.05, 0.1) is 12.6 Å². The van der Waals surface area contributed by atoms with E-state index in [-0.39, 0.29) is 24.0 Å². The second kappa shape index (κ2) is 13.1. The van der Waals surface area contributed by atoms with Gasteiger partial charge in [0, 0.05) is 30.7 Å². The first kappa shape index (κ1) is 27.3. The number of hydrogen-bond donors (Lipinski definition) is 6. The number of imidazole rings is 1. The molecule has 8 N–H and O–H groups in total. The van der Waals surface area contributed by atoms with Crippen molar-refractivity contribution in [2.75, 3.05) is 41.0 Å². The molecule has 0 amide bonds. The molecule has 0 aliphatic heterocycles. The van der Waals surface area contributed by atoms with Crippen LogP contribution in [-0.4, -0.2) is 67.5 Å². The van der Waals surface area contributed by atoms with Crippen molar-refractivity contribution in [3.05, 3.63) is 40.3 Å². The molecule has 196 valence electrons. The molecule has 1 aromatic carbocycles. The van der Waals surface area contributed by atoms with Crippen molar-refractivity contribution >= 4 is 46.3 Å². The number of carbonyl (C=O) groups excluding carboxylic acids is 1. The lowest BCUT2D eigenvalue weighted by Crippen LogP contribution is -2.42. The van der Waals surface area contributed by atoms with Gasteiger partial charge < -0.3 is 36.9 Å². The van der Waals surface area contributed by atoms with Crippen LogP contribution in [0.4, 0.5) is 17.5 Å². The highest BCUT2D eigenvalue weighted by Crippen LogP contribution is 2.18. The minimum absolute atomic E-state index is 0.212. The average Bonchev–Trinajstić information content (AvgIpc) is 3.15. The van der Waals surface area contributed by atoms with Crippen LogP contribution in [-0.2, 0) is 16.1 Å². The number of thioether (sulfide) groups is 1. The molecule has 2 atom stereocenters. The first-order valence-corrected chi connectivity index (χ1v) is 12.9. The Bertz CT molecular complexity index is 1200. The number of H-pyrrole nitrogens is 1. The number of nitrogens with zero attached hydrogens (tertiary/aromatic N) is 3. The Hall–Kier alpha value is -3.29. The van der Waals surface area contributed by atoms with E-state index < -0.39 is 12.3 Å². The van der Waals surface area contributed by atoms with Crippen LogP contribution in [0.5, 0.6) is 0 Å². The molecular weight excluding hydrogens is 484 g/mol. The molecule has 12 nitrogen and oxygen atoms in total. The van der Waals surface area contributed by atoms with E-state index in [1.54, 1.807) is 12.1 Å². The van der Waals surface area contributed by atoms with Crippen molar-refractivity contribution in [3.63, 3.8) is 0 Å². The lowest BCUT2D eigenvalue weighted by atomic mass is 10.2. The summed E-state index contributed by atoms with van der Waals surface area (Å²) in [6, 6.07) is 6.80. The molecule has 0 bridgehead atoms. The van der Waals surface area contributed by atoms with Crippen LogP contribution < -0.4 is 27.8 Å². The van der Waals surface area contributed by atoms with Crippen LogP contribution >= 0.6 is 11.8 Å². The van der Waals surface area contributed by atoms with Gasteiger partial charge in [-0.3, -0.25) is 9.36 Å². The van der Waals surface area contributed by atoms with Gasteiger partial charge >= 0.3 is 11.7 Å². The summed E-state index contributed by atoms with van der Waals surface area (Å²) < 4.78 is 6.39. The van der Waals surface area contributed by atoms with E-state index in [2.05, 4.69) is 32.5 Å². The number of aromatic nitrogens is 4. The van der Waals surface area contributed by atoms with Gasteiger partial charge in [0.15, 0.2) is 11.5 Å². The number of aromatic amines is 1. The molecule has 0 fully saturated rings. The minimum Gasteiger partial charge on any atom is -0.465 e. The van der Waals surface area contributed by atoms with Gasteiger partial charge in [-0.15, -0.1) is 0 Å². The van der Waals surface area contributed by atoms with Gasteiger partial charge in [-0.05, 0) is 24.1 Å². The van der Waals surface area contributed by atoms with Crippen LogP contribution in [0.1, 0.15) is 32.3 Å². The summed E-state index contributed by atoms with van der Waals surface area (Å²) in [4.78, 5) is 34.8. The van der Waals surface area contributed by atoms with E-state index in [9.17, 15) is 14.7 Å². The SMILES string of the molecule is CCCCNc1nc(N)c2[nH]c(=O)n(Cc3ccc(NC(O)[C@@H](N)CSCCOC(C)=O)cc3)c2n1. The number of fused-ring (bicyclic) bond motifs is 1. The highest BCUT2D eigenvalue weighted by Gasteiger charge is 2.16. The Morgan fingerprint density at radius 3 is 2.75 bits per heavy atom. The monoisotopic (exact) mass is 518 g/mol. The Labute approximate surface area is 213 Å². The Balaban J connectivity index is 1.61. The summed E-state index contributed by atoms with van der Waals surface area (Å²) in [7, 11) is 0. The fraction of sp³-hybridized carbons (Fsp3) is 0.478.